The van der Waals surface area contributed by atoms with Gasteiger partial charge in [0.15, 0.2) is 0 Å². The third-order valence-electron chi connectivity index (χ3n) is 2.01. The number of aliphatic carboxylic acids is 2. The molecule has 0 atom stereocenters. The molecule has 0 aromatic rings. The summed E-state index contributed by atoms with van der Waals surface area (Å²) in [6, 6.07) is 0. The molecule has 0 bridgehead atoms. The second-order valence-electron chi connectivity index (χ2n) is 2.38. The molecular weight excluding hydrogens is 171 g/mol. The van der Waals surface area contributed by atoms with Crippen LogP contribution >= 0.6 is 0 Å². The van der Waals surface area contributed by atoms with Crippen LogP contribution in [0.15, 0.2) is 0 Å². The van der Waals surface area contributed by atoms with Crippen LogP contribution < -0.4 is 34.7 Å². The van der Waals surface area contributed by atoms with Crippen LogP contribution in [0.2, 0.25) is 0 Å². The van der Waals surface area contributed by atoms with Crippen molar-refractivity contribution in [3.05, 3.63) is 0 Å². The fourth-order valence-corrected chi connectivity index (χ4v) is 0.928. The molecule has 12 heavy (non-hydrogen) atoms. The van der Waals surface area contributed by atoms with Gasteiger partial charge >= 0.3 is 35.5 Å². The molecular formula is C7H11NaO4. The maximum atomic E-state index is 10.5. The first-order valence-corrected chi connectivity index (χ1v) is 3.46. The predicted molar refractivity (Wildman–Crippen MR) is 35.7 cm³/mol. The second kappa shape index (κ2) is 5.56. The van der Waals surface area contributed by atoms with Gasteiger partial charge in [-0.1, -0.05) is 13.8 Å². The van der Waals surface area contributed by atoms with Crippen LogP contribution in [-0.4, -0.2) is 17.0 Å². The van der Waals surface area contributed by atoms with Crippen molar-refractivity contribution in [2.24, 2.45) is 5.41 Å². The van der Waals surface area contributed by atoms with Gasteiger partial charge in [0.05, 0.1) is 5.97 Å². The minimum absolute atomic E-state index is 0. The largest absolute Gasteiger partial charge is 1.00 e. The minimum atomic E-state index is -1.69. The Balaban J connectivity index is 0. The van der Waals surface area contributed by atoms with Crippen molar-refractivity contribution in [3.8, 4) is 0 Å². The molecule has 0 saturated heterocycles. The van der Waals surface area contributed by atoms with E-state index in [1.165, 1.54) is 13.8 Å². The number of carbonyl (C=O) groups excluding carboxylic acids is 1. The Morgan fingerprint density at radius 1 is 1.33 bits per heavy atom. The summed E-state index contributed by atoms with van der Waals surface area (Å²) in [5.74, 6) is -2.82. The summed E-state index contributed by atoms with van der Waals surface area (Å²) in [6.45, 7) is 3.04. The Hall–Kier alpha value is -0.0600. The van der Waals surface area contributed by atoms with Gasteiger partial charge in [-0.2, -0.15) is 0 Å². The molecule has 0 aromatic heterocycles. The van der Waals surface area contributed by atoms with Gasteiger partial charge in [0.1, 0.15) is 5.41 Å². The van der Waals surface area contributed by atoms with Crippen molar-refractivity contribution < 1.29 is 49.4 Å². The van der Waals surface area contributed by atoms with Gasteiger partial charge in [0.25, 0.3) is 0 Å². The fraction of sp³-hybridized carbons (Fsp3) is 0.714. The zero-order valence-corrected chi connectivity index (χ0v) is 9.59. The molecule has 0 aliphatic heterocycles. The maximum Gasteiger partial charge on any atom is 1.00 e. The van der Waals surface area contributed by atoms with Crippen LogP contribution in [0.1, 0.15) is 26.7 Å². The summed E-state index contributed by atoms with van der Waals surface area (Å²) in [5.41, 5.74) is -1.69. The maximum absolute atomic E-state index is 10.5. The fourth-order valence-electron chi connectivity index (χ4n) is 0.928. The van der Waals surface area contributed by atoms with Crippen LogP contribution in [0.3, 0.4) is 0 Å². The Morgan fingerprint density at radius 2 is 1.67 bits per heavy atom. The van der Waals surface area contributed by atoms with Gasteiger partial charge in [-0.05, 0) is 12.8 Å². The number of rotatable bonds is 4. The van der Waals surface area contributed by atoms with Crippen molar-refractivity contribution in [1.29, 1.82) is 0 Å². The van der Waals surface area contributed by atoms with E-state index in [9.17, 15) is 14.7 Å². The van der Waals surface area contributed by atoms with Crippen LogP contribution in [0.4, 0.5) is 0 Å². The van der Waals surface area contributed by atoms with Crippen molar-refractivity contribution >= 4 is 11.9 Å². The number of carbonyl (C=O) groups is 2. The van der Waals surface area contributed by atoms with E-state index in [1.54, 1.807) is 0 Å². The van der Waals surface area contributed by atoms with Crippen LogP contribution in [-0.2, 0) is 9.59 Å². The summed E-state index contributed by atoms with van der Waals surface area (Å²) in [6.07, 6.45) is 0.113. The SMILES string of the molecule is CCC(CC)(C(=O)[O-])C(=O)O.[Na+]. The minimum Gasteiger partial charge on any atom is -0.549 e. The van der Waals surface area contributed by atoms with E-state index in [0.717, 1.165) is 0 Å². The second-order valence-corrected chi connectivity index (χ2v) is 2.38. The van der Waals surface area contributed by atoms with E-state index in [1.807, 2.05) is 0 Å². The molecule has 1 N–H and O–H groups in total. The molecule has 0 saturated carbocycles. The zero-order chi connectivity index (χ0) is 9.07. The van der Waals surface area contributed by atoms with Crippen molar-refractivity contribution in [3.63, 3.8) is 0 Å². The first-order valence-electron chi connectivity index (χ1n) is 3.46. The van der Waals surface area contributed by atoms with Crippen molar-refractivity contribution in [2.75, 3.05) is 0 Å². The summed E-state index contributed by atoms with van der Waals surface area (Å²) < 4.78 is 0. The first-order chi connectivity index (χ1) is 5.01. The van der Waals surface area contributed by atoms with Crippen LogP contribution in [0, 0.1) is 5.41 Å². The Labute approximate surface area is 93.3 Å². The first kappa shape index (κ1) is 14.5. The van der Waals surface area contributed by atoms with Gasteiger partial charge in [0.2, 0.25) is 0 Å². The van der Waals surface area contributed by atoms with Gasteiger partial charge < -0.3 is 15.0 Å². The van der Waals surface area contributed by atoms with E-state index in [2.05, 4.69) is 0 Å². The summed E-state index contributed by atoms with van der Waals surface area (Å²) in [4.78, 5) is 20.9. The smallest absolute Gasteiger partial charge is 0.549 e. The monoisotopic (exact) mass is 182 g/mol. The van der Waals surface area contributed by atoms with E-state index >= 15 is 0 Å². The molecule has 0 aliphatic rings. The van der Waals surface area contributed by atoms with E-state index < -0.39 is 17.4 Å². The van der Waals surface area contributed by atoms with Crippen LogP contribution in [0.25, 0.3) is 0 Å². The van der Waals surface area contributed by atoms with E-state index in [-0.39, 0.29) is 42.4 Å². The summed E-state index contributed by atoms with van der Waals surface area (Å²) in [7, 11) is 0. The third kappa shape index (κ3) is 2.47. The van der Waals surface area contributed by atoms with Crippen LogP contribution in [0.5, 0.6) is 0 Å². The average molecular weight is 182 g/mol. The summed E-state index contributed by atoms with van der Waals surface area (Å²) >= 11 is 0. The molecule has 0 heterocycles. The number of hydrogen-bond acceptors (Lipinski definition) is 3. The van der Waals surface area contributed by atoms with Gasteiger partial charge in [-0.25, -0.2) is 0 Å². The molecule has 0 amide bonds. The Kier molecular flexibility index (Phi) is 6.70. The van der Waals surface area contributed by atoms with E-state index in [0.29, 0.717) is 0 Å². The quantitative estimate of drug-likeness (QED) is 0.363. The van der Waals surface area contributed by atoms with Crippen molar-refractivity contribution in [2.45, 2.75) is 26.7 Å². The summed E-state index contributed by atoms with van der Waals surface area (Å²) in [5, 5.41) is 19.0. The molecule has 0 fully saturated rings. The van der Waals surface area contributed by atoms with E-state index in [4.69, 9.17) is 5.11 Å². The molecule has 0 rings (SSSR count). The van der Waals surface area contributed by atoms with Gasteiger partial charge in [0, 0.05) is 0 Å². The number of carboxylic acids is 2. The third-order valence-corrected chi connectivity index (χ3v) is 2.01. The molecule has 0 aromatic carbocycles. The predicted octanol–water partition coefficient (Wildman–Crippen LogP) is -3.37. The average Bonchev–Trinajstić information content (AvgIpc) is 1.90. The number of carboxylic acid groups (broad SMARTS) is 2. The molecule has 64 valence electrons. The molecule has 0 aliphatic carbocycles. The molecule has 5 heteroatoms. The molecule has 0 radical (unpaired) electrons. The Bertz CT molecular complexity index is 158. The molecule has 4 nitrogen and oxygen atoms in total. The van der Waals surface area contributed by atoms with Gasteiger partial charge in [-0.3, -0.25) is 4.79 Å². The zero-order valence-electron chi connectivity index (χ0n) is 7.59. The molecule has 0 spiro atoms. The van der Waals surface area contributed by atoms with Crippen molar-refractivity contribution in [1.82, 2.24) is 0 Å². The van der Waals surface area contributed by atoms with Gasteiger partial charge in [-0.15, -0.1) is 0 Å². The number of hydrogen-bond donors (Lipinski definition) is 1. The Morgan fingerprint density at radius 3 is 1.67 bits per heavy atom. The molecule has 0 unspecified atom stereocenters. The topological polar surface area (TPSA) is 77.4 Å². The standard InChI is InChI=1S/C7H12O4.Na/c1-3-7(4-2,5(8)9)6(10)11;/h3-4H2,1-2H3,(H,8,9)(H,10,11);/q;+1/p-1. The normalized spacial score (nSPS) is 10.2.